The summed E-state index contributed by atoms with van der Waals surface area (Å²) >= 11 is 0. The average Bonchev–Trinajstić information content (AvgIpc) is 2.26. The fraction of sp³-hybridized carbons (Fsp3) is 0.286. The predicted octanol–water partition coefficient (Wildman–Crippen LogP) is 2.63. The highest BCUT2D eigenvalue weighted by Crippen LogP contribution is 2.25. The molecular formula is C14H16N2O. The molecule has 88 valence electrons. The Labute approximate surface area is 101 Å². The molecule has 0 saturated heterocycles. The molecule has 0 fully saturated rings. The van der Waals surface area contributed by atoms with Gasteiger partial charge >= 0.3 is 0 Å². The molecule has 0 spiro atoms. The molecule has 2 N–H and O–H groups in total. The second kappa shape index (κ2) is 3.84. The number of nitrogens with zero attached hydrogens (tertiary/aromatic N) is 1. The summed E-state index contributed by atoms with van der Waals surface area (Å²) in [5.41, 5.74) is 6.87. The fourth-order valence-electron chi connectivity index (χ4n) is 1.74. The highest BCUT2D eigenvalue weighted by Gasteiger charge is 2.14. The number of fused-ring (bicyclic) bond motifs is 1. The van der Waals surface area contributed by atoms with Crippen LogP contribution in [0.4, 0.5) is 0 Å². The molecule has 1 amide bonds. The Balaban J connectivity index is 2.58. The number of hydrogen-bond donors (Lipinski definition) is 1. The molecule has 2 aromatic rings. The number of amides is 1. The number of hydrogen-bond acceptors (Lipinski definition) is 2. The molecule has 0 aliphatic heterocycles. The van der Waals surface area contributed by atoms with Crippen molar-refractivity contribution in [3.05, 3.63) is 41.7 Å². The van der Waals surface area contributed by atoms with Crippen LogP contribution in [-0.2, 0) is 5.41 Å². The van der Waals surface area contributed by atoms with Gasteiger partial charge in [0.05, 0.1) is 0 Å². The Morgan fingerprint density at radius 2 is 1.88 bits per heavy atom. The summed E-state index contributed by atoms with van der Waals surface area (Å²) in [4.78, 5) is 15.1. The minimum atomic E-state index is -0.494. The maximum absolute atomic E-state index is 11.0. The summed E-state index contributed by atoms with van der Waals surface area (Å²) in [5, 5.41) is 2.02. The lowest BCUT2D eigenvalue weighted by Gasteiger charge is -2.19. The van der Waals surface area contributed by atoms with Gasteiger partial charge in [0.15, 0.2) is 0 Å². The van der Waals surface area contributed by atoms with Gasteiger partial charge in [-0.25, -0.2) is 0 Å². The van der Waals surface area contributed by atoms with E-state index < -0.39 is 5.91 Å². The van der Waals surface area contributed by atoms with Crippen molar-refractivity contribution >= 4 is 16.7 Å². The van der Waals surface area contributed by atoms with Crippen LogP contribution < -0.4 is 5.73 Å². The number of pyridine rings is 1. The van der Waals surface area contributed by atoms with E-state index in [9.17, 15) is 4.79 Å². The molecule has 0 aliphatic carbocycles. The highest BCUT2D eigenvalue weighted by molar-refractivity contribution is 5.95. The largest absolute Gasteiger partial charge is 0.364 e. The van der Waals surface area contributed by atoms with Crippen molar-refractivity contribution in [1.82, 2.24) is 4.98 Å². The maximum atomic E-state index is 11.0. The molecule has 17 heavy (non-hydrogen) atoms. The van der Waals surface area contributed by atoms with Crippen LogP contribution in [0.1, 0.15) is 36.8 Å². The molecule has 1 heterocycles. The van der Waals surface area contributed by atoms with Crippen molar-refractivity contribution in [2.24, 2.45) is 5.73 Å². The first kappa shape index (κ1) is 11.6. The van der Waals surface area contributed by atoms with E-state index >= 15 is 0 Å². The second-order valence-electron chi connectivity index (χ2n) is 5.25. The van der Waals surface area contributed by atoms with Crippen molar-refractivity contribution in [2.45, 2.75) is 26.2 Å². The number of carbonyl (C=O) groups excluding carboxylic acids is 1. The zero-order valence-corrected chi connectivity index (χ0v) is 10.3. The molecule has 3 heteroatoms. The van der Waals surface area contributed by atoms with Gasteiger partial charge in [-0.05, 0) is 28.5 Å². The monoisotopic (exact) mass is 228 g/mol. The Morgan fingerprint density at radius 3 is 2.47 bits per heavy atom. The predicted molar refractivity (Wildman–Crippen MR) is 69.0 cm³/mol. The van der Waals surface area contributed by atoms with Gasteiger partial charge in [0.2, 0.25) is 0 Å². The Kier molecular flexibility index (Phi) is 2.62. The summed E-state index contributed by atoms with van der Waals surface area (Å²) in [7, 11) is 0. The van der Waals surface area contributed by atoms with Crippen molar-refractivity contribution in [3.63, 3.8) is 0 Å². The van der Waals surface area contributed by atoms with Gasteiger partial charge in [-0.3, -0.25) is 9.78 Å². The molecule has 3 nitrogen and oxygen atoms in total. The molecule has 0 atom stereocenters. The quantitative estimate of drug-likeness (QED) is 0.815. The first-order valence-corrected chi connectivity index (χ1v) is 5.58. The molecule has 0 unspecified atom stereocenters. The number of primary amides is 1. The van der Waals surface area contributed by atoms with Gasteiger partial charge in [0, 0.05) is 11.6 Å². The van der Waals surface area contributed by atoms with E-state index in [1.165, 1.54) is 5.56 Å². The Bertz CT molecular complexity index is 582. The molecular weight excluding hydrogens is 212 g/mol. The Hall–Kier alpha value is -1.90. The van der Waals surface area contributed by atoms with E-state index in [-0.39, 0.29) is 5.41 Å². The van der Waals surface area contributed by atoms with Gasteiger partial charge in [-0.1, -0.05) is 32.9 Å². The van der Waals surface area contributed by atoms with E-state index in [0.29, 0.717) is 5.69 Å². The van der Waals surface area contributed by atoms with Crippen molar-refractivity contribution in [3.8, 4) is 0 Å². The summed E-state index contributed by atoms with van der Waals surface area (Å²) in [6.45, 7) is 6.50. The van der Waals surface area contributed by atoms with Crippen LogP contribution in [0, 0.1) is 0 Å². The third kappa shape index (κ3) is 2.28. The molecule has 0 bridgehead atoms. The zero-order valence-electron chi connectivity index (χ0n) is 10.3. The minimum absolute atomic E-state index is 0.108. The standard InChI is InChI=1S/C14H16N2O/c1-14(2,3)11-5-4-9-7-12(13(15)17)16-8-10(9)6-11/h4-8H,1-3H3,(H2,15,17). The normalized spacial score (nSPS) is 11.7. The van der Waals surface area contributed by atoms with Crippen LogP contribution in [0.15, 0.2) is 30.5 Å². The molecule has 0 aliphatic rings. The maximum Gasteiger partial charge on any atom is 0.267 e. The SMILES string of the molecule is CC(C)(C)c1ccc2cc(C(N)=O)ncc2c1. The first-order valence-electron chi connectivity index (χ1n) is 5.58. The summed E-state index contributed by atoms with van der Waals surface area (Å²) in [6.07, 6.45) is 1.70. The van der Waals surface area contributed by atoms with Crippen LogP contribution in [0.5, 0.6) is 0 Å². The smallest absolute Gasteiger partial charge is 0.267 e. The highest BCUT2D eigenvalue weighted by atomic mass is 16.1. The lowest BCUT2D eigenvalue weighted by Crippen LogP contribution is -2.13. The van der Waals surface area contributed by atoms with Gasteiger partial charge in [-0.15, -0.1) is 0 Å². The lowest BCUT2D eigenvalue weighted by atomic mass is 9.86. The zero-order chi connectivity index (χ0) is 12.6. The first-order chi connectivity index (χ1) is 7.88. The van der Waals surface area contributed by atoms with Crippen molar-refractivity contribution in [2.75, 3.05) is 0 Å². The molecule has 2 rings (SSSR count). The summed E-state index contributed by atoms with van der Waals surface area (Å²) < 4.78 is 0. The van der Waals surface area contributed by atoms with Crippen molar-refractivity contribution in [1.29, 1.82) is 0 Å². The minimum Gasteiger partial charge on any atom is -0.364 e. The van der Waals surface area contributed by atoms with Crippen LogP contribution in [-0.4, -0.2) is 10.9 Å². The van der Waals surface area contributed by atoms with Crippen LogP contribution >= 0.6 is 0 Å². The third-order valence-electron chi connectivity index (χ3n) is 2.84. The second-order valence-corrected chi connectivity index (χ2v) is 5.25. The summed E-state index contributed by atoms with van der Waals surface area (Å²) in [5.74, 6) is -0.494. The van der Waals surface area contributed by atoms with Crippen molar-refractivity contribution < 1.29 is 4.79 Å². The Morgan fingerprint density at radius 1 is 1.18 bits per heavy atom. The number of aromatic nitrogens is 1. The summed E-state index contributed by atoms with van der Waals surface area (Å²) in [6, 6.07) is 7.91. The lowest BCUT2D eigenvalue weighted by molar-refractivity contribution is 0.0996. The molecule has 0 saturated carbocycles. The number of nitrogens with two attached hydrogens (primary N) is 1. The van der Waals surface area contributed by atoms with Gasteiger partial charge in [0.25, 0.3) is 5.91 Å². The van der Waals surface area contributed by atoms with E-state index in [1.54, 1.807) is 12.3 Å². The van der Waals surface area contributed by atoms with Gasteiger partial charge < -0.3 is 5.73 Å². The fourth-order valence-corrected chi connectivity index (χ4v) is 1.74. The van der Waals surface area contributed by atoms with E-state index in [2.05, 4.69) is 37.9 Å². The molecule has 1 aromatic carbocycles. The number of rotatable bonds is 1. The topological polar surface area (TPSA) is 56.0 Å². The van der Waals surface area contributed by atoms with Crippen LogP contribution in [0.2, 0.25) is 0 Å². The number of carbonyl (C=O) groups is 1. The van der Waals surface area contributed by atoms with Crippen LogP contribution in [0.3, 0.4) is 0 Å². The number of benzene rings is 1. The van der Waals surface area contributed by atoms with E-state index in [0.717, 1.165) is 10.8 Å². The van der Waals surface area contributed by atoms with E-state index in [4.69, 9.17) is 5.73 Å². The third-order valence-corrected chi connectivity index (χ3v) is 2.84. The molecule has 1 aromatic heterocycles. The average molecular weight is 228 g/mol. The van der Waals surface area contributed by atoms with Crippen LogP contribution in [0.25, 0.3) is 10.8 Å². The van der Waals surface area contributed by atoms with Gasteiger partial charge in [0.1, 0.15) is 5.69 Å². The van der Waals surface area contributed by atoms with Gasteiger partial charge in [-0.2, -0.15) is 0 Å². The molecule has 0 radical (unpaired) electrons. The van der Waals surface area contributed by atoms with E-state index in [1.807, 2.05) is 6.07 Å².